The first-order valence-electron chi connectivity index (χ1n) is 11.5. The van der Waals surface area contributed by atoms with Gasteiger partial charge in [0.2, 0.25) is 0 Å². The summed E-state index contributed by atoms with van der Waals surface area (Å²) in [4.78, 5) is 7.13. The maximum Gasteiger partial charge on any atom is 0.128 e. The predicted octanol–water partition coefficient (Wildman–Crippen LogP) is 5.06. The second-order valence-corrected chi connectivity index (χ2v) is 8.73. The van der Waals surface area contributed by atoms with Crippen LogP contribution in [0.3, 0.4) is 0 Å². The Kier molecular flexibility index (Phi) is 6.17. The Bertz CT molecular complexity index is 1160. The first kappa shape index (κ1) is 20.7. The van der Waals surface area contributed by atoms with Crippen molar-refractivity contribution in [3.8, 4) is 11.4 Å². The Morgan fingerprint density at radius 1 is 1.00 bits per heavy atom. The fourth-order valence-corrected chi connectivity index (χ4v) is 4.63. The van der Waals surface area contributed by atoms with Crippen molar-refractivity contribution in [3.63, 3.8) is 0 Å². The third-order valence-corrected chi connectivity index (χ3v) is 6.41. The highest BCUT2D eigenvalue weighted by molar-refractivity contribution is 5.85. The quantitative estimate of drug-likeness (QED) is 0.414. The van der Waals surface area contributed by atoms with Gasteiger partial charge >= 0.3 is 0 Å². The number of ether oxygens (including phenoxy) is 1. The van der Waals surface area contributed by atoms with Gasteiger partial charge in [0.15, 0.2) is 0 Å². The maximum absolute atomic E-state index is 6.14. The zero-order chi connectivity index (χ0) is 21.8. The molecule has 32 heavy (non-hydrogen) atoms. The van der Waals surface area contributed by atoms with Crippen molar-refractivity contribution >= 4 is 10.9 Å². The van der Waals surface area contributed by atoms with Crippen molar-refractivity contribution < 1.29 is 4.74 Å². The summed E-state index contributed by atoms with van der Waals surface area (Å²) < 4.78 is 8.07. The Hall–Kier alpha value is -3.18. The van der Waals surface area contributed by atoms with Crippen LogP contribution in [0.2, 0.25) is 0 Å². The molecule has 3 heterocycles. The van der Waals surface area contributed by atoms with Gasteiger partial charge in [-0.15, -0.1) is 0 Å². The molecule has 2 aromatic heterocycles. The molecule has 1 fully saturated rings. The zero-order valence-corrected chi connectivity index (χ0v) is 18.7. The van der Waals surface area contributed by atoms with Crippen molar-refractivity contribution in [3.05, 3.63) is 84.3 Å². The molecule has 0 saturated carbocycles. The Morgan fingerprint density at radius 2 is 1.88 bits per heavy atom. The van der Waals surface area contributed by atoms with Gasteiger partial charge in [-0.25, -0.2) is 4.68 Å². The highest BCUT2D eigenvalue weighted by Crippen LogP contribution is 2.25. The van der Waals surface area contributed by atoms with Crippen LogP contribution in [0.5, 0.6) is 5.75 Å². The second-order valence-electron chi connectivity index (χ2n) is 8.73. The number of aromatic nitrogens is 3. The highest BCUT2D eigenvalue weighted by atomic mass is 16.5. The molecule has 0 bridgehead atoms. The normalized spacial score (nSPS) is 15.3. The number of nitrogens with zero attached hydrogens (tertiary/aromatic N) is 4. The average Bonchev–Trinajstić information content (AvgIpc) is 3.35. The highest BCUT2D eigenvalue weighted by Gasteiger charge is 2.19. The summed E-state index contributed by atoms with van der Waals surface area (Å²) in [6.45, 7) is 5.99. The molecule has 5 rings (SSSR count). The largest absolute Gasteiger partial charge is 0.492 e. The Balaban J connectivity index is 1.10. The number of likely N-dealkylation sites (tertiary alicyclic amines) is 1. The van der Waals surface area contributed by atoms with E-state index < -0.39 is 0 Å². The molecular formula is C27H30N4O. The number of benzene rings is 2. The number of fused-ring (bicyclic) bond motifs is 1. The van der Waals surface area contributed by atoms with E-state index in [1.807, 2.05) is 54.3 Å². The SMILES string of the molecule is Cc1ccc2c(OCCN3CCC(Cc4cccc(-n5cccn5)c4)CC3)cccc2n1. The number of piperidine rings is 1. The van der Waals surface area contributed by atoms with Crippen molar-refractivity contribution in [1.29, 1.82) is 0 Å². The molecule has 0 amide bonds. The van der Waals surface area contributed by atoms with Crippen LogP contribution < -0.4 is 4.74 Å². The molecule has 0 radical (unpaired) electrons. The number of rotatable bonds is 7. The molecule has 1 aliphatic rings. The van der Waals surface area contributed by atoms with E-state index in [4.69, 9.17) is 4.74 Å². The molecule has 0 spiro atoms. The molecule has 164 valence electrons. The Morgan fingerprint density at radius 3 is 2.72 bits per heavy atom. The third kappa shape index (κ3) is 4.83. The summed E-state index contributed by atoms with van der Waals surface area (Å²) in [6.07, 6.45) is 7.44. The van der Waals surface area contributed by atoms with Gasteiger partial charge < -0.3 is 4.74 Å². The fourth-order valence-electron chi connectivity index (χ4n) is 4.63. The van der Waals surface area contributed by atoms with Crippen molar-refractivity contribution in [2.75, 3.05) is 26.2 Å². The predicted molar refractivity (Wildman–Crippen MR) is 128 cm³/mol. The molecule has 5 nitrogen and oxygen atoms in total. The van der Waals surface area contributed by atoms with E-state index in [0.717, 1.165) is 60.0 Å². The lowest BCUT2D eigenvalue weighted by atomic mass is 9.90. The number of hydrogen-bond donors (Lipinski definition) is 0. The lowest BCUT2D eigenvalue weighted by Gasteiger charge is -2.32. The summed E-state index contributed by atoms with van der Waals surface area (Å²) in [5.41, 5.74) is 4.58. The van der Waals surface area contributed by atoms with Crippen LogP contribution in [-0.2, 0) is 6.42 Å². The van der Waals surface area contributed by atoms with Gasteiger partial charge in [-0.2, -0.15) is 5.10 Å². The minimum atomic E-state index is 0.712. The van der Waals surface area contributed by atoms with E-state index in [9.17, 15) is 0 Å². The molecule has 0 aliphatic carbocycles. The summed E-state index contributed by atoms with van der Waals surface area (Å²) in [6, 6.07) is 21.0. The lowest BCUT2D eigenvalue weighted by Crippen LogP contribution is -2.37. The molecule has 2 aromatic carbocycles. The molecule has 5 heteroatoms. The van der Waals surface area contributed by atoms with Gasteiger partial charge in [0.25, 0.3) is 0 Å². The molecule has 1 aliphatic heterocycles. The van der Waals surface area contributed by atoms with E-state index in [1.54, 1.807) is 0 Å². The van der Waals surface area contributed by atoms with Gasteiger partial charge in [-0.3, -0.25) is 9.88 Å². The van der Waals surface area contributed by atoms with Gasteiger partial charge in [-0.05, 0) is 93.2 Å². The average molecular weight is 427 g/mol. The summed E-state index contributed by atoms with van der Waals surface area (Å²) >= 11 is 0. The summed E-state index contributed by atoms with van der Waals surface area (Å²) in [5.74, 6) is 1.68. The van der Waals surface area contributed by atoms with Crippen LogP contribution in [0.1, 0.15) is 24.1 Å². The van der Waals surface area contributed by atoms with E-state index in [2.05, 4.69) is 45.3 Å². The van der Waals surface area contributed by atoms with Gasteiger partial charge in [0.1, 0.15) is 12.4 Å². The van der Waals surface area contributed by atoms with Crippen molar-refractivity contribution in [2.45, 2.75) is 26.2 Å². The smallest absolute Gasteiger partial charge is 0.128 e. The topological polar surface area (TPSA) is 43.2 Å². The molecule has 0 N–H and O–H groups in total. The van der Waals surface area contributed by atoms with Crippen molar-refractivity contribution in [2.24, 2.45) is 5.92 Å². The first-order valence-corrected chi connectivity index (χ1v) is 11.5. The first-order chi connectivity index (χ1) is 15.7. The van der Waals surface area contributed by atoms with Crippen LogP contribution in [-0.4, -0.2) is 45.9 Å². The van der Waals surface area contributed by atoms with Crippen LogP contribution in [0, 0.1) is 12.8 Å². The molecular weight excluding hydrogens is 396 g/mol. The molecule has 0 atom stereocenters. The number of pyridine rings is 1. The zero-order valence-electron chi connectivity index (χ0n) is 18.7. The van der Waals surface area contributed by atoms with E-state index in [1.165, 1.54) is 18.4 Å². The summed E-state index contributed by atoms with van der Waals surface area (Å²) in [7, 11) is 0. The van der Waals surface area contributed by atoms with E-state index in [-0.39, 0.29) is 0 Å². The minimum absolute atomic E-state index is 0.712. The van der Waals surface area contributed by atoms with Crippen LogP contribution in [0.15, 0.2) is 73.1 Å². The van der Waals surface area contributed by atoms with E-state index in [0.29, 0.717) is 6.61 Å². The molecule has 0 unspecified atom stereocenters. The number of aryl methyl sites for hydroxylation is 1. The van der Waals surface area contributed by atoms with Crippen LogP contribution >= 0.6 is 0 Å². The molecule has 1 saturated heterocycles. The number of hydrogen-bond acceptors (Lipinski definition) is 4. The Labute approximate surface area is 189 Å². The van der Waals surface area contributed by atoms with Gasteiger partial charge in [-0.1, -0.05) is 18.2 Å². The standard InChI is InChI=1S/C27H30N4O/c1-21-9-10-25-26(29-21)7-3-8-27(25)32-18-17-30-15-11-22(12-16-30)19-23-5-2-6-24(20-23)31-14-4-13-28-31/h2-10,13-14,20,22H,11-12,15-19H2,1H3. The second kappa shape index (κ2) is 9.53. The monoisotopic (exact) mass is 426 g/mol. The third-order valence-electron chi connectivity index (χ3n) is 6.41. The lowest BCUT2D eigenvalue weighted by molar-refractivity contribution is 0.155. The van der Waals surface area contributed by atoms with E-state index >= 15 is 0 Å². The molecule has 4 aromatic rings. The summed E-state index contributed by atoms with van der Waals surface area (Å²) in [5, 5.41) is 5.44. The van der Waals surface area contributed by atoms with Gasteiger partial charge in [0.05, 0.1) is 11.2 Å². The van der Waals surface area contributed by atoms with Crippen LogP contribution in [0.4, 0.5) is 0 Å². The van der Waals surface area contributed by atoms with Gasteiger partial charge in [0, 0.05) is 30.0 Å². The minimum Gasteiger partial charge on any atom is -0.492 e. The van der Waals surface area contributed by atoms with Crippen molar-refractivity contribution in [1.82, 2.24) is 19.7 Å². The van der Waals surface area contributed by atoms with Crippen LogP contribution in [0.25, 0.3) is 16.6 Å². The maximum atomic E-state index is 6.14. The fraction of sp³-hybridized carbons (Fsp3) is 0.333.